The molecule has 0 N–H and O–H groups in total. The first kappa shape index (κ1) is 17.8. The first-order valence-electron chi connectivity index (χ1n) is 5.37. The summed E-state index contributed by atoms with van der Waals surface area (Å²) in [5.74, 6) is 0. The van der Waals surface area contributed by atoms with Crippen molar-refractivity contribution in [1.82, 2.24) is 0 Å². The highest BCUT2D eigenvalue weighted by atomic mass is 32.2. The average Bonchev–Trinajstić information content (AvgIpc) is 2.33. The van der Waals surface area contributed by atoms with Crippen molar-refractivity contribution in [2.75, 3.05) is 23.9 Å². The van der Waals surface area contributed by atoms with Gasteiger partial charge in [-0.25, -0.2) is 16.8 Å². The average molecular weight is 353 g/mol. The van der Waals surface area contributed by atoms with Crippen molar-refractivity contribution in [1.29, 1.82) is 0 Å². The van der Waals surface area contributed by atoms with E-state index in [-0.39, 0.29) is 0 Å². The molecule has 0 aliphatic carbocycles. The van der Waals surface area contributed by atoms with E-state index in [1.54, 1.807) is 0 Å². The molecule has 0 saturated heterocycles. The monoisotopic (exact) mass is 353 g/mol. The molecule has 0 aliphatic rings. The minimum atomic E-state index is -4.04. The van der Waals surface area contributed by atoms with Gasteiger partial charge in [0.05, 0.1) is 21.0 Å². The van der Waals surface area contributed by atoms with Crippen molar-refractivity contribution < 1.29 is 26.7 Å². The number of sulfone groups is 1. The van der Waals surface area contributed by atoms with E-state index >= 15 is 0 Å². The van der Waals surface area contributed by atoms with Crippen LogP contribution in [0.25, 0.3) is 0 Å². The van der Waals surface area contributed by atoms with E-state index in [1.165, 1.54) is 0 Å². The Labute approximate surface area is 125 Å². The standard InChI is InChI=1S/C9H11N3O8S2/c1-10(22(3,19)20)9-7(11(13)14)4-6(21(2,17)18)5-8(9)12(15)16/h4-5H,1-3H3. The molecule has 0 fully saturated rings. The normalized spacial score (nSPS) is 12.0. The van der Waals surface area contributed by atoms with E-state index in [0.29, 0.717) is 22.7 Å². The second-order valence-electron chi connectivity index (χ2n) is 4.33. The van der Waals surface area contributed by atoms with E-state index in [0.717, 1.165) is 13.3 Å². The van der Waals surface area contributed by atoms with Crippen LogP contribution >= 0.6 is 0 Å². The van der Waals surface area contributed by atoms with Crippen LogP contribution in [0, 0.1) is 20.2 Å². The molecule has 0 saturated carbocycles. The number of hydrogen-bond donors (Lipinski definition) is 0. The highest BCUT2D eigenvalue weighted by Gasteiger charge is 2.34. The highest BCUT2D eigenvalue weighted by Crippen LogP contribution is 2.40. The molecule has 122 valence electrons. The van der Waals surface area contributed by atoms with E-state index in [9.17, 15) is 37.1 Å². The predicted molar refractivity (Wildman–Crippen MR) is 76.1 cm³/mol. The second-order valence-corrected chi connectivity index (χ2v) is 8.36. The van der Waals surface area contributed by atoms with Gasteiger partial charge in [-0.3, -0.25) is 24.5 Å². The van der Waals surface area contributed by atoms with Gasteiger partial charge < -0.3 is 0 Å². The van der Waals surface area contributed by atoms with Crippen LogP contribution in [0.2, 0.25) is 0 Å². The number of rotatable bonds is 5. The van der Waals surface area contributed by atoms with Crippen molar-refractivity contribution in [2.45, 2.75) is 4.90 Å². The summed E-state index contributed by atoms with van der Waals surface area (Å²) < 4.78 is 46.4. The Kier molecular flexibility index (Phi) is 4.43. The van der Waals surface area contributed by atoms with Crippen LogP contribution in [0.15, 0.2) is 17.0 Å². The molecule has 1 aromatic rings. The van der Waals surface area contributed by atoms with Crippen molar-refractivity contribution in [3.8, 4) is 0 Å². The Bertz CT molecular complexity index is 824. The fourth-order valence-electron chi connectivity index (χ4n) is 1.56. The highest BCUT2D eigenvalue weighted by molar-refractivity contribution is 7.92. The lowest BCUT2D eigenvalue weighted by atomic mass is 10.2. The largest absolute Gasteiger partial charge is 0.301 e. The van der Waals surface area contributed by atoms with Crippen LogP contribution in [0.1, 0.15) is 0 Å². The van der Waals surface area contributed by atoms with Gasteiger partial charge in [0, 0.05) is 25.4 Å². The van der Waals surface area contributed by atoms with Gasteiger partial charge in [-0.2, -0.15) is 0 Å². The van der Waals surface area contributed by atoms with Crippen LogP contribution in [0.3, 0.4) is 0 Å². The van der Waals surface area contributed by atoms with Gasteiger partial charge in [-0.1, -0.05) is 0 Å². The van der Waals surface area contributed by atoms with Gasteiger partial charge >= 0.3 is 11.4 Å². The van der Waals surface area contributed by atoms with Gasteiger partial charge in [0.2, 0.25) is 15.7 Å². The van der Waals surface area contributed by atoms with E-state index in [1.807, 2.05) is 0 Å². The third kappa shape index (κ3) is 3.48. The fourth-order valence-corrected chi connectivity index (χ4v) is 2.73. The van der Waals surface area contributed by atoms with Crippen LogP contribution in [0.4, 0.5) is 17.1 Å². The van der Waals surface area contributed by atoms with Crippen molar-refractivity contribution in [3.05, 3.63) is 32.4 Å². The maximum atomic E-state index is 11.5. The molecule has 0 radical (unpaired) electrons. The molecule has 0 bridgehead atoms. The molecule has 1 aromatic carbocycles. The Morgan fingerprint density at radius 3 is 1.55 bits per heavy atom. The van der Waals surface area contributed by atoms with Crippen LogP contribution < -0.4 is 4.31 Å². The zero-order valence-electron chi connectivity index (χ0n) is 11.6. The molecule has 22 heavy (non-hydrogen) atoms. The fraction of sp³-hybridized carbons (Fsp3) is 0.333. The van der Waals surface area contributed by atoms with Gasteiger partial charge in [0.25, 0.3) is 0 Å². The lowest BCUT2D eigenvalue weighted by Gasteiger charge is -2.16. The van der Waals surface area contributed by atoms with Gasteiger partial charge in [-0.05, 0) is 0 Å². The van der Waals surface area contributed by atoms with E-state index < -0.39 is 51.7 Å². The summed E-state index contributed by atoms with van der Waals surface area (Å²) in [4.78, 5) is 19.3. The number of nitro groups is 2. The molecule has 0 spiro atoms. The summed E-state index contributed by atoms with van der Waals surface area (Å²) in [6.07, 6.45) is 1.42. The van der Waals surface area contributed by atoms with Gasteiger partial charge in [0.15, 0.2) is 9.84 Å². The number of nitrogens with zero attached hydrogens (tertiary/aromatic N) is 3. The molecule has 0 atom stereocenters. The van der Waals surface area contributed by atoms with Crippen molar-refractivity contribution in [3.63, 3.8) is 0 Å². The molecule has 0 heterocycles. The molecule has 11 nitrogen and oxygen atoms in total. The van der Waals surface area contributed by atoms with Crippen LogP contribution in [-0.4, -0.2) is 46.2 Å². The van der Waals surface area contributed by atoms with Crippen LogP contribution in [-0.2, 0) is 19.9 Å². The quantitative estimate of drug-likeness (QED) is 0.540. The van der Waals surface area contributed by atoms with Crippen molar-refractivity contribution >= 4 is 36.9 Å². The number of sulfonamides is 1. The number of hydrogen-bond acceptors (Lipinski definition) is 8. The summed E-state index contributed by atoms with van der Waals surface area (Å²) in [5, 5.41) is 22.1. The zero-order chi connectivity index (χ0) is 17.5. The Morgan fingerprint density at radius 2 is 1.32 bits per heavy atom. The molecular formula is C9H11N3O8S2. The summed E-state index contributed by atoms with van der Waals surface area (Å²) >= 11 is 0. The molecule has 0 unspecified atom stereocenters. The maximum Gasteiger partial charge on any atom is 0.301 e. The summed E-state index contributed by atoms with van der Waals surface area (Å²) in [6.45, 7) is 0. The smallest absolute Gasteiger partial charge is 0.261 e. The minimum Gasteiger partial charge on any atom is -0.261 e. The van der Waals surface area contributed by atoms with Crippen molar-refractivity contribution in [2.24, 2.45) is 0 Å². The van der Waals surface area contributed by atoms with Gasteiger partial charge in [-0.15, -0.1) is 0 Å². The number of nitro benzene ring substituents is 2. The van der Waals surface area contributed by atoms with Crippen LogP contribution in [0.5, 0.6) is 0 Å². The Balaban J connectivity index is 3.97. The second kappa shape index (κ2) is 5.49. The van der Waals surface area contributed by atoms with Gasteiger partial charge in [0.1, 0.15) is 0 Å². The summed E-state index contributed by atoms with van der Waals surface area (Å²) in [5.41, 5.74) is -2.81. The molecule has 0 amide bonds. The maximum absolute atomic E-state index is 11.5. The number of benzene rings is 1. The first-order chi connectivity index (χ1) is 9.76. The summed E-state index contributed by atoms with van der Waals surface area (Å²) in [6, 6.07) is 1.17. The molecular weight excluding hydrogens is 342 g/mol. The molecule has 0 aromatic heterocycles. The Morgan fingerprint density at radius 1 is 0.955 bits per heavy atom. The first-order valence-corrected chi connectivity index (χ1v) is 9.11. The summed E-state index contributed by atoms with van der Waals surface area (Å²) in [7, 11) is -7.12. The Hall–Kier alpha value is -2.28. The lowest BCUT2D eigenvalue weighted by Crippen LogP contribution is -2.26. The minimum absolute atomic E-state index is 0.356. The SMILES string of the molecule is CN(c1c([N+](=O)[O-])cc(S(C)(=O)=O)cc1[N+](=O)[O-])S(C)(=O)=O. The third-order valence-electron chi connectivity index (χ3n) is 2.68. The van der Waals surface area contributed by atoms with E-state index in [2.05, 4.69) is 0 Å². The topological polar surface area (TPSA) is 158 Å². The molecule has 1 rings (SSSR count). The molecule has 0 aliphatic heterocycles. The number of anilines is 1. The van der Waals surface area contributed by atoms with E-state index in [4.69, 9.17) is 0 Å². The molecule has 13 heteroatoms. The zero-order valence-corrected chi connectivity index (χ0v) is 13.2. The lowest BCUT2D eigenvalue weighted by molar-refractivity contribution is -0.392. The third-order valence-corrected chi connectivity index (χ3v) is 4.95. The predicted octanol–water partition coefficient (Wildman–Crippen LogP) is 0.302.